The fourth-order valence-electron chi connectivity index (χ4n) is 3.23. The highest BCUT2D eigenvalue weighted by Gasteiger charge is 2.01. The Morgan fingerprint density at radius 2 is 0.640 bits per heavy atom. The SMILES string of the molecule is C1CCNC1.C1CCNCC1.C1COCCN1.C1CSCCN1.CC(C)C.CC(C)C.CC(C)C.CC(C)C.CC(C)C.CN1CCNCC1. The number of hydrogen-bond acceptors (Lipinski definition) is 8. The zero-order valence-electron chi connectivity index (χ0n) is 37.5. The average Bonchev–Trinajstić information content (AvgIpc) is 3.65. The number of piperidine rings is 1. The zero-order valence-corrected chi connectivity index (χ0v) is 38.3. The van der Waals surface area contributed by atoms with Gasteiger partial charge in [-0.1, -0.05) is 110 Å². The van der Waals surface area contributed by atoms with Crippen molar-refractivity contribution in [1.82, 2.24) is 31.5 Å². The van der Waals surface area contributed by atoms with Gasteiger partial charge in [0.05, 0.1) is 13.2 Å². The Kier molecular flexibility index (Phi) is 63.4. The van der Waals surface area contributed by atoms with E-state index in [0.717, 1.165) is 69.0 Å². The lowest BCUT2D eigenvalue weighted by Crippen LogP contribution is -2.40. The molecule has 5 rings (SSSR count). The molecule has 0 aliphatic carbocycles. The number of thioether (sulfide) groups is 1. The van der Waals surface area contributed by atoms with Crippen LogP contribution in [0.15, 0.2) is 0 Å². The van der Waals surface area contributed by atoms with E-state index in [-0.39, 0.29) is 0 Å². The summed E-state index contributed by atoms with van der Waals surface area (Å²) in [6.45, 7) is 48.5. The summed E-state index contributed by atoms with van der Waals surface area (Å²) >= 11 is 2.03. The number of nitrogens with zero attached hydrogens (tertiary/aromatic N) is 1. The van der Waals surface area contributed by atoms with Crippen LogP contribution < -0.4 is 26.6 Å². The van der Waals surface area contributed by atoms with Crippen LogP contribution in [-0.4, -0.2) is 115 Å². The van der Waals surface area contributed by atoms with Gasteiger partial charge < -0.3 is 36.2 Å². The van der Waals surface area contributed by atoms with E-state index in [1.54, 1.807) is 0 Å². The van der Waals surface area contributed by atoms with Crippen LogP contribution in [0, 0.1) is 29.6 Å². The van der Waals surface area contributed by atoms with Crippen molar-refractivity contribution in [2.75, 3.05) is 110 Å². The van der Waals surface area contributed by atoms with E-state index < -0.39 is 0 Å². The monoisotopic (exact) mass is 737 g/mol. The highest BCUT2D eigenvalue weighted by Crippen LogP contribution is 1.99. The number of hydrogen-bond donors (Lipinski definition) is 5. The summed E-state index contributed by atoms with van der Waals surface area (Å²) in [7, 11) is 2.15. The summed E-state index contributed by atoms with van der Waals surface area (Å²) in [5.74, 6) is 6.78. The normalized spacial score (nSPS) is 18.2. The van der Waals surface area contributed by atoms with E-state index in [2.05, 4.69) is 142 Å². The third kappa shape index (κ3) is 110. The van der Waals surface area contributed by atoms with Crippen LogP contribution in [0.3, 0.4) is 0 Å². The van der Waals surface area contributed by atoms with E-state index in [1.807, 2.05) is 11.8 Å². The smallest absolute Gasteiger partial charge is 0.0591 e. The molecule has 50 heavy (non-hydrogen) atoms. The maximum atomic E-state index is 5.01. The van der Waals surface area contributed by atoms with Crippen molar-refractivity contribution < 1.29 is 4.74 Å². The van der Waals surface area contributed by atoms with Crippen molar-refractivity contribution in [3.63, 3.8) is 0 Å². The van der Waals surface area contributed by atoms with Gasteiger partial charge in [0.15, 0.2) is 0 Å². The number of morpholine rings is 1. The second-order valence-corrected chi connectivity index (χ2v) is 17.9. The molecule has 7 nitrogen and oxygen atoms in total. The van der Waals surface area contributed by atoms with Crippen LogP contribution in [0.25, 0.3) is 0 Å². The van der Waals surface area contributed by atoms with Gasteiger partial charge in [-0.15, -0.1) is 0 Å². The lowest BCUT2D eigenvalue weighted by Gasteiger charge is -2.21. The Morgan fingerprint density at radius 1 is 0.380 bits per heavy atom. The molecule has 0 amide bonds. The molecule has 0 saturated carbocycles. The van der Waals surface area contributed by atoms with E-state index in [9.17, 15) is 0 Å². The summed E-state index contributed by atoms with van der Waals surface area (Å²) in [5, 5.41) is 16.2. The first-order chi connectivity index (χ1) is 23.6. The van der Waals surface area contributed by atoms with Crippen molar-refractivity contribution in [3.8, 4) is 0 Å². The third-order valence-electron chi connectivity index (χ3n) is 5.20. The zero-order chi connectivity index (χ0) is 39.3. The van der Waals surface area contributed by atoms with Crippen LogP contribution in [0.4, 0.5) is 0 Å². The third-order valence-corrected chi connectivity index (χ3v) is 6.18. The minimum absolute atomic E-state index is 0.833. The quantitative estimate of drug-likeness (QED) is 0.169. The molecule has 0 atom stereocenters. The van der Waals surface area contributed by atoms with Gasteiger partial charge in [-0.3, -0.25) is 0 Å². The van der Waals surface area contributed by atoms with Gasteiger partial charge >= 0.3 is 0 Å². The van der Waals surface area contributed by atoms with Crippen molar-refractivity contribution in [2.24, 2.45) is 29.6 Å². The molecule has 0 aromatic heterocycles. The minimum Gasteiger partial charge on any atom is -0.379 e. The summed E-state index contributed by atoms with van der Waals surface area (Å²) < 4.78 is 5.01. The molecule has 5 aliphatic heterocycles. The van der Waals surface area contributed by atoms with Crippen molar-refractivity contribution in [1.29, 1.82) is 0 Å². The van der Waals surface area contributed by atoms with Gasteiger partial charge in [0.2, 0.25) is 0 Å². The molecule has 310 valence electrons. The first-order valence-electron chi connectivity index (χ1n) is 20.9. The lowest BCUT2D eigenvalue weighted by molar-refractivity contribution is 0.109. The fraction of sp³-hybridized carbons (Fsp3) is 1.00. The Balaban J connectivity index is -0.000000151. The number of likely N-dealkylation sites (N-methyl/N-ethyl adjacent to an activating group) is 1. The van der Waals surface area contributed by atoms with Gasteiger partial charge in [-0.2, -0.15) is 11.8 Å². The predicted molar refractivity (Wildman–Crippen MR) is 236 cm³/mol. The maximum absolute atomic E-state index is 5.01. The van der Waals surface area contributed by atoms with Crippen LogP contribution in [0.1, 0.15) is 136 Å². The van der Waals surface area contributed by atoms with Gasteiger partial charge in [-0.25, -0.2) is 0 Å². The van der Waals surface area contributed by atoms with Gasteiger partial charge in [-0.05, 0) is 88.5 Å². The first kappa shape index (κ1) is 59.4. The highest BCUT2D eigenvalue weighted by molar-refractivity contribution is 7.99. The second-order valence-electron chi connectivity index (χ2n) is 16.7. The van der Waals surface area contributed by atoms with Crippen LogP contribution in [0.2, 0.25) is 0 Å². The van der Waals surface area contributed by atoms with Crippen LogP contribution in [-0.2, 0) is 4.74 Å². The molecular formula is C42H100N6OS. The van der Waals surface area contributed by atoms with Crippen molar-refractivity contribution >= 4 is 11.8 Å². The molecule has 8 heteroatoms. The van der Waals surface area contributed by atoms with E-state index in [4.69, 9.17) is 4.74 Å². The molecule has 0 aromatic rings. The topological polar surface area (TPSA) is 72.6 Å². The van der Waals surface area contributed by atoms with Gasteiger partial charge in [0.25, 0.3) is 0 Å². The molecule has 0 aromatic carbocycles. The standard InChI is InChI=1S/C5H12N2.C5H11N.C4H9NO.C4H9NS.C4H9N.5C4H10/c1-7-4-2-6-3-5-7;1-2-4-6-5-3-1;2*1-3-6-4-2-5-1;1-2-4-5-3-1;5*1-4(2)3/h6H,2-5H2,1H3;6H,1-5H2;2*5H,1-4H2;5H,1-4H2;5*4H,1-3H3. The molecule has 0 radical (unpaired) electrons. The summed E-state index contributed by atoms with van der Waals surface area (Å²) in [5.41, 5.74) is 0. The van der Waals surface area contributed by atoms with E-state index in [1.165, 1.54) is 96.0 Å². The first-order valence-corrected chi connectivity index (χ1v) is 22.1. The fourth-order valence-corrected chi connectivity index (χ4v) is 4.02. The van der Waals surface area contributed by atoms with Crippen LogP contribution in [0.5, 0.6) is 0 Å². The lowest BCUT2D eigenvalue weighted by atomic mass is 10.2. The molecule has 5 saturated heterocycles. The van der Waals surface area contributed by atoms with Gasteiger partial charge in [0, 0.05) is 63.9 Å². The molecular weight excluding hydrogens is 637 g/mol. The summed E-state index contributed by atoms with van der Waals surface area (Å²) in [6.07, 6.45) is 6.99. The molecule has 0 unspecified atom stereocenters. The summed E-state index contributed by atoms with van der Waals surface area (Å²) in [6, 6.07) is 0. The second kappa shape index (κ2) is 53.4. The number of rotatable bonds is 0. The molecule has 5 fully saturated rings. The van der Waals surface area contributed by atoms with Crippen molar-refractivity contribution in [3.05, 3.63) is 0 Å². The highest BCUT2D eigenvalue weighted by atomic mass is 32.2. The van der Waals surface area contributed by atoms with Crippen LogP contribution >= 0.6 is 11.8 Å². The molecule has 0 bridgehead atoms. The largest absolute Gasteiger partial charge is 0.379 e. The maximum Gasteiger partial charge on any atom is 0.0591 e. The molecule has 0 spiro atoms. The van der Waals surface area contributed by atoms with Crippen molar-refractivity contribution in [2.45, 2.75) is 136 Å². The molecule has 5 heterocycles. The number of ether oxygens (including phenoxy) is 1. The number of piperazine rings is 1. The average molecular weight is 737 g/mol. The summed E-state index contributed by atoms with van der Waals surface area (Å²) in [4.78, 5) is 2.33. The Bertz CT molecular complexity index is 397. The molecule has 5 aliphatic rings. The number of nitrogens with one attached hydrogen (secondary N) is 5. The Labute approximate surface area is 322 Å². The van der Waals surface area contributed by atoms with E-state index in [0.29, 0.717) is 0 Å². The Hall–Kier alpha value is 0.0700. The molecule has 5 N–H and O–H groups in total. The Morgan fingerprint density at radius 3 is 0.760 bits per heavy atom. The van der Waals surface area contributed by atoms with E-state index >= 15 is 0 Å². The predicted octanol–water partition coefficient (Wildman–Crippen LogP) is 8.89. The minimum atomic E-state index is 0.833. The van der Waals surface area contributed by atoms with Gasteiger partial charge in [0.1, 0.15) is 0 Å².